The highest BCUT2D eigenvalue weighted by Gasteiger charge is 2.18. The maximum absolute atomic E-state index is 10.4. The molecule has 1 rings (SSSR count). The minimum absolute atomic E-state index is 0.352. The first-order chi connectivity index (χ1) is 5.63. The monoisotopic (exact) mass is 168 g/mol. The molecule has 0 aliphatic rings. The van der Waals surface area contributed by atoms with Crippen molar-refractivity contribution >= 4 is 11.7 Å². The van der Waals surface area contributed by atoms with Crippen molar-refractivity contribution in [3.8, 4) is 0 Å². The summed E-state index contributed by atoms with van der Waals surface area (Å²) in [5.74, 6) is -1.33. The first kappa shape index (κ1) is 8.12. The Morgan fingerprint density at radius 2 is 2.33 bits per heavy atom. The van der Waals surface area contributed by atoms with Crippen LogP contribution >= 0.6 is 0 Å². The Hall–Kier alpha value is -1.98. The third kappa shape index (κ3) is 1.36. The van der Waals surface area contributed by atoms with E-state index in [4.69, 9.17) is 5.11 Å². The van der Waals surface area contributed by atoms with E-state index in [0.717, 1.165) is 12.3 Å². The third-order valence-corrected chi connectivity index (χ3v) is 1.23. The molecule has 0 bridgehead atoms. The molecule has 0 aliphatic carbocycles. The molecule has 6 heteroatoms. The number of hydrogen-bond donors (Lipinski definition) is 1. The molecule has 0 amide bonds. The number of carboxylic acids is 1. The summed E-state index contributed by atoms with van der Waals surface area (Å²) in [7, 11) is 0. The van der Waals surface area contributed by atoms with Gasteiger partial charge in [-0.05, 0) is 6.07 Å². The number of pyridine rings is 1. The van der Waals surface area contributed by atoms with Crippen molar-refractivity contribution in [1.29, 1.82) is 0 Å². The van der Waals surface area contributed by atoms with E-state index >= 15 is 0 Å². The number of hydrogen-bond acceptors (Lipinski definition) is 4. The molecular weight excluding hydrogens is 164 g/mol. The molecule has 12 heavy (non-hydrogen) atoms. The third-order valence-electron chi connectivity index (χ3n) is 1.23. The van der Waals surface area contributed by atoms with Crippen LogP contribution in [0.2, 0.25) is 0 Å². The molecule has 0 saturated carbocycles. The van der Waals surface area contributed by atoms with E-state index in [0.29, 0.717) is 0 Å². The molecule has 1 aromatic heterocycles. The first-order valence-corrected chi connectivity index (χ1v) is 2.94. The Morgan fingerprint density at radius 1 is 1.67 bits per heavy atom. The molecule has 0 atom stereocenters. The van der Waals surface area contributed by atoms with Gasteiger partial charge in [0.2, 0.25) is 0 Å². The van der Waals surface area contributed by atoms with Crippen molar-refractivity contribution in [1.82, 2.24) is 4.98 Å². The Labute approximate surface area is 66.6 Å². The molecule has 62 valence electrons. The van der Waals surface area contributed by atoms with Gasteiger partial charge in [-0.3, -0.25) is 15.1 Å². The standard InChI is InChI=1S/C6H4N2O4/c9-6(10)4-1-2-7-3-5(4)8(11)12/h1-3H,(H,9,10). The average Bonchev–Trinajstić information content (AvgIpc) is 2.04. The van der Waals surface area contributed by atoms with E-state index < -0.39 is 16.6 Å². The van der Waals surface area contributed by atoms with Gasteiger partial charge in [0.05, 0.1) is 4.92 Å². The van der Waals surface area contributed by atoms with Crippen molar-refractivity contribution in [2.24, 2.45) is 0 Å². The first-order valence-electron chi connectivity index (χ1n) is 2.94. The van der Waals surface area contributed by atoms with Gasteiger partial charge < -0.3 is 5.11 Å². The molecule has 1 heterocycles. The SMILES string of the molecule is O=C(O)c1ccncc1[N+](=O)[O-]. The number of nitro groups is 1. The fourth-order valence-electron chi connectivity index (χ4n) is 0.712. The van der Waals surface area contributed by atoms with Crippen molar-refractivity contribution in [2.45, 2.75) is 0 Å². The lowest BCUT2D eigenvalue weighted by molar-refractivity contribution is -0.385. The van der Waals surface area contributed by atoms with Crippen molar-refractivity contribution in [2.75, 3.05) is 0 Å². The van der Waals surface area contributed by atoms with Gasteiger partial charge in [0.15, 0.2) is 0 Å². The van der Waals surface area contributed by atoms with E-state index in [1.807, 2.05) is 0 Å². The van der Waals surface area contributed by atoms with Gasteiger partial charge in [0.1, 0.15) is 11.8 Å². The largest absolute Gasteiger partial charge is 0.477 e. The summed E-state index contributed by atoms with van der Waals surface area (Å²) in [6.45, 7) is 0. The van der Waals surface area contributed by atoms with Crippen molar-refractivity contribution in [3.05, 3.63) is 34.1 Å². The summed E-state index contributed by atoms with van der Waals surface area (Å²) in [5, 5.41) is 18.7. The minimum Gasteiger partial charge on any atom is -0.477 e. The van der Waals surface area contributed by atoms with Crippen molar-refractivity contribution < 1.29 is 14.8 Å². The number of carbonyl (C=O) groups is 1. The fourth-order valence-corrected chi connectivity index (χ4v) is 0.712. The molecule has 0 fully saturated rings. The molecule has 0 aliphatic heterocycles. The topological polar surface area (TPSA) is 93.3 Å². The minimum atomic E-state index is -1.33. The van der Waals surface area contributed by atoms with Gasteiger partial charge in [0, 0.05) is 6.20 Å². The van der Waals surface area contributed by atoms with Crippen LogP contribution in [0.1, 0.15) is 10.4 Å². The second-order valence-electron chi connectivity index (χ2n) is 1.96. The second-order valence-corrected chi connectivity index (χ2v) is 1.96. The van der Waals surface area contributed by atoms with Crippen LogP contribution in [0.3, 0.4) is 0 Å². The quantitative estimate of drug-likeness (QED) is 0.517. The van der Waals surface area contributed by atoms with Crippen LogP contribution in [0.4, 0.5) is 5.69 Å². The maximum Gasteiger partial charge on any atom is 0.342 e. The molecule has 0 aromatic carbocycles. The molecule has 0 radical (unpaired) electrons. The summed E-state index contributed by atoms with van der Waals surface area (Å²) in [4.78, 5) is 23.3. The van der Waals surface area contributed by atoms with Crippen LogP contribution in [0.25, 0.3) is 0 Å². The lowest BCUT2D eigenvalue weighted by atomic mass is 10.2. The maximum atomic E-state index is 10.4. The van der Waals surface area contributed by atoms with Crippen LogP contribution in [0.5, 0.6) is 0 Å². The van der Waals surface area contributed by atoms with Crippen LogP contribution in [-0.4, -0.2) is 21.0 Å². The van der Waals surface area contributed by atoms with Crippen LogP contribution in [0, 0.1) is 10.1 Å². The lowest BCUT2D eigenvalue weighted by Gasteiger charge is -1.94. The summed E-state index contributed by atoms with van der Waals surface area (Å²) >= 11 is 0. The highest BCUT2D eigenvalue weighted by atomic mass is 16.6. The molecule has 0 unspecified atom stereocenters. The molecule has 0 saturated heterocycles. The number of aromatic nitrogens is 1. The summed E-state index contributed by atoms with van der Waals surface area (Å²) in [5.41, 5.74) is -0.847. The van der Waals surface area contributed by atoms with Gasteiger partial charge in [-0.25, -0.2) is 4.79 Å². The zero-order valence-corrected chi connectivity index (χ0v) is 5.80. The number of nitrogens with zero attached hydrogens (tertiary/aromatic N) is 2. The Morgan fingerprint density at radius 3 is 2.75 bits per heavy atom. The predicted octanol–water partition coefficient (Wildman–Crippen LogP) is 0.688. The second kappa shape index (κ2) is 2.95. The summed E-state index contributed by atoms with van der Waals surface area (Å²) in [6, 6.07) is 1.08. The molecule has 1 N–H and O–H groups in total. The summed E-state index contributed by atoms with van der Waals surface area (Å²) < 4.78 is 0. The van der Waals surface area contributed by atoms with Gasteiger partial charge in [-0.15, -0.1) is 0 Å². The smallest absolute Gasteiger partial charge is 0.342 e. The van der Waals surface area contributed by atoms with E-state index in [9.17, 15) is 14.9 Å². The van der Waals surface area contributed by atoms with E-state index in [-0.39, 0.29) is 5.56 Å². The number of carboxylic acid groups (broad SMARTS) is 1. The van der Waals surface area contributed by atoms with Crippen LogP contribution in [-0.2, 0) is 0 Å². The fraction of sp³-hybridized carbons (Fsp3) is 0. The van der Waals surface area contributed by atoms with Gasteiger partial charge >= 0.3 is 11.7 Å². The predicted molar refractivity (Wildman–Crippen MR) is 37.9 cm³/mol. The van der Waals surface area contributed by atoms with Crippen LogP contribution in [0.15, 0.2) is 18.5 Å². The van der Waals surface area contributed by atoms with Gasteiger partial charge in [-0.1, -0.05) is 0 Å². The zero-order valence-electron chi connectivity index (χ0n) is 5.80. The molecular formula is C6H4N2O4. The van der Waals surface area contributed by atoms with E-state index in [2.05, 4.69) is 4.98 Å². The lowest BCUT2D eigenvalue weighted by Crippen LogP contribution is -2.02. The Balaban J connectivity index is 3.27. The highest BCUT2D eigenvalue weighted by molar-refractivity contribution is 5.91. The van der Waals surface area contributed by atoms with Gasteiger partial charge in [0.25, 0.3) is 0 Å². The highest BCUT2D eigenvalue weighted by Crippen LogP contribution is 2.15. The Kier molecular flexibility index (Phi) is 2.00. The number of aromatic carboxylic acids is 1. The van der Waals surface area contributed by atoms with E-state index in [1.54, 1.807) is 0 Å². The molecule has 1 aromatic rings. The zero-order chi connectivity index (χ0) is 9.14. The Bertz CT molecular complexity index is 303. The molecule has 0 spiro atoms. The molecule has 6 nitrogen and oxygen atoms in total. The number of rotatable bonds is 2. The van der Waals surface area contributed by atoms with Gasteiger partial charge in [-0.2, -0.15) is 0 Å². The average molecular weight is 168 g/mol. The normalized spacial score (nSPS) is 9.33. The van der Waals surface area contributed by atoms with E-state index in [1.165, 1.54) is 6.20 Å². The summed E-state index contributed by atoms with van der Waals surface area (Å²) in [6.07, 6.45) is 2.10. The van der Waals surface area contributed by atoms with Crippen molar-refractivity contribution in [3.63, 3.8) is 0 Å². The van der Waals surface area contributed by atoms with Crippen LogP contribution < -0.4 is 0 Å².